The van der Waals surface area contributed by atoms with Crippen LogP contribution < -0.4 is 5.32 Å². The van der Waals surface area contributed by atoms with Crippen LogP contribution in [-0.4, -0.2) is 32.8 Å². The van der Waals surface area contributed by atoms with Crippen LogP contribution in [0.4, 0.5) is 14.5 Å². The molecule has 0 saturated heterocycles. The highest BCUT2D eigenvalue weighted by Gasteiger charge is 2.42. The zero-order chi connectivity index (χ0) is 22.1. The van der Waals surface area contributed by atoms with Crippen LogP contribution in [0.15, 0.2) is 47.7 Å². The molecule has 8 heteroatoms. The maximum atomic E-state index is 14.7. The van der Waals surface area contributed by atoms with Gasteiger partial charge < -0.3 is 5.32 Å². The summed E-state index contributed by atoms with van der Waals surface area (Å²) >= 11 is 0. The molecule has 2 aliphatic rings. The summed E-state index contributed by atoms with van der Waals surface area (Å²) in [6.07, 6.45) is 1.31. The number of rotatable bonds is 2. The van der Waals surface area contributed by atoms with E-state index in [0.717, 1.165) is 0 Å². The first-order valence-corrected chi connectivity index (χ1v) is 8.52. The van der Waals surface area contributed by atoms with Gasteiger partial charge in [0.25, 0.3) is 0 Å². The topological polar surface area (TPSA) is 72.2 Å². The van der Waals surface area contributed by atoms with E-state index in [0.29, 0.717) is 11.4 Å². The molecule has 0 bridgehead atoms. The molecule has 3 heterocycles. The lowest BCUT2D eigenvalue weighted by molar-refractivity contribution is 0.0999. The maximum Gasteiger partial charge on any atom is 0.185 e. The molecule has 0 saturated carbocycles. The second-order valence-corrected chi connectivity index (χ2v) is 6.53. The number of anilines is 1. The molecule has 0 spiro atoms. The number of Topliss-reactive ketones (excluding diaryl/α,β-unsaturated/α-hetero) is 1. The van der Waals surface area contributed by atoms with E-state index in [1.165, 1.54) is 35.3 Å². The van der Waals surface area contributed by atoms with Gasteiger partial charge in [-0.3, -0.25) is 14.5 Å². The van der Waals surface area contributed by atoms with Gasteiger partial charge in [-0.25, -0.2) is 13.8 Å². The normalized spacial score (nSPS) is 24.5. The van der Waals surface area contributed by atoms with E-state index >= 15 is 0 Å². The number of aromatic nitrogens is 3. The zero-order valence-corrected chi connectivity index (χ0v) is 14.6. The van der Waals surface area contributed by atoms with Crippen molar-refractivity contribution in [1.29, 1.82) is 0 Å². The minimum atomic E-state index is -1.77. The summed E-state index contributed by atoms with van der Waals surface area (Å²) in [6, 6.07) is 2.15. The molecule has 2 aliphatic heterocycles. The van der Waals surface area contributed by atoms with Crippen LogP contribution in [0.25, 0.3) is 0 Å². The number of nitrogens with one attached hydrogen (secondary N) is 1. The van der Waals surface area contributed by atoms with Crippen LogP contribution in [0.1, 0.15) is 43.4 Å². The maximum absolute atomic E-state index is 14.7. The van der Waals surface area contributed by atoms with Crippen molar-refractivity contribution < 1.29 is 17.7 Å². The van der Waals surface area contributed by atoms with E-state index in [9.17, 15) is 14.9 Å². The van der Waals surface area contributed by atoms with Gasteiger partial charge in [-0.15, -0.1) is 0 Å². The lowest BCUT2D eigenvalue weighted by Crippen LogP contribution is -2.37. The van der Waals surface area contributed by atoms with E-state index in [-0.39, 0.29) is 29.1 Å². The Bertz CT molecular complexity index is 1290. The highest BCUT2D eigenvalue weighted by Crippen LogP contribution is 2.44. The van der Waals surface area contributed by atoms with Gasteiger partial charge in [0.2, 0.25) is 0 Å². The minimum Gasteiger partial charge on any atom is -0.376 e. The standard InChI is InChI=1S/C20H15F2N5O/c1-27-20(24-9-25-27)17-18(10-2-4-11(21)5-3-10)26-14-7-12(22)6-13-15(28)8-23-19(17)16(13)14/h2-7,9,17-18,26H,8H2,1H3/t17-,18-/m0/s1/i6D,7D,18D. The number of aliphatic imine (C=N–C) groups is 1. The molecule has 28 heavy (non-hydrogen) atoms. The fraction of sp³-hybridized carbons (Fsp3) is 0.200. The first-order chi connectivity index (χ1) is 14.7. The monoisotopic (exact) mass is 382 g/mol. The molecule has 140 valence electrons. The molecule has 5 rings (SSSR count). The van der Waals surface area contributed by atoms with Crippen molar-refractivity contribution in [2.45, 2.75) is 11.9 Å². The van der Waals surface area contributed by atoms with E-state index in [4.69, 9.17) is 2.74 Å². The number of carbonyl (C=O) groups excluding carboxylic acids is 1. The number of halogens is 2. The molecular weight excluding hydrogens is 364 g/mol. The Hall–Kier alpha value is -3.42. The van der Waals surface area contributed by atoms with Gasteiger partial charge in [0.1, 0.15) is 30.3 Å². The Balaban J connectivity index is 1.87. The van der Waals surface area contributed by atoms with Crippen molar-refractivity contribution in [3.05, 3.63) is 76.8 Å². The molecular formula is C20H15F2N5O. The number of aryl methyl sites for hydroxylation is 1. The second kappa shape index (κ2) is 6.05. The first-order valence-electron chi connectivity index (χ1n) is 10.0. The number of ketones is 1. The van der Waals surface area contributed by atoms with E-state index in [1.807, 2.05) is 0 Å². The fourth-order valence-corrected chi connectivity index (χ4v) is 3.64. The highest BCUT2D eigenvalue weighted by molar-refractivity contribution is 6.21. The summed E-state index contributed by atoms with van der Waals surface area (Å²) < 4.78 is 55.4. The molecule has 3 aromatic rings. The summed E-state index contributed by atoms with van der Waals surface area (Å²) in [5.74, 6) is -2.79. The Labute approximate surface area is 163 Å². The van der Waals surface area contributed by atoms with Crippen LogP contribution in [0, 0.1) is 11.6 Å². The van der Waals surface area contributed by atoms with Gasteiger partial charge in [0.05, 0.1) is 21.8 Å². The van der Waals surface area contributed by atoms with Crippen LogP contribution in [0.3, 0.4) is 0 Å². The molecule has 2 aromatic carbocycles. The van der Waals surface area contributed by atoms with Gasteiger partial charge >= 0.3 is 0 Å². The second-order valence-electron chi connectivity index (χ2n) is 6.53. The third-order valence-corrected chi connectivity index (χ3v) is 4.88. The van der Waals surface area contributed by atoms with Crippen molar-refractivity contribution in [1.82, 2.24) is 14.8 Å². The quantitative estimate of drug-likeness (QED) is 0.740. The smallest absolute Gasteiger partial charge is 0.185 e. The molecule has 0 unspecified atom stereocenters. The highest BCUT2D eigenvalue weighted by atomic mass is 19.1. The lowest BCUT2D eigenvalue weighted by Gasteiger charge is -2.37. The summed E-state index contributed by atoms with van der Waals surface area (Å²) in [5.41, 5.74) is 0.414. The Morgan fingerprint density at radius 2 is 2.04 bits per heavy atom. The Kier molecular flexibility index (Phi) is 2.96. The van der Waals surface area contributed by atoms with Crippen molar-refractivity contribution in [2.24, 2.45) is 12.0 Å². The molecule has 0 aliphatic carbocycles. The van der Waals surface area contributed by atoms with Crippen LogP contribution in [0.2, 0.25) is 0 Å². The summed E-state index contributed by atoms with van der Waals surface area (Å²) in [4.78, 5) is 21.2. The van der Waals surface area contributed by atoms with Gasteiger partial charge in [-0.05, 0) is 29.8 Å². The number of hydrogen-bond donors (Lipinski definition) is 1. The number of nitrogens with zero attached hydrogens (tertiary/aromatic N) is 4. The molecule has 6 nitrogen and oxygen atoms in total. The van der Waals surface area contributed by atoms with Crippen LogP contribution >= 0.6 is 0 Å². The number of hydrogen-bond acceptors (Lipinski definition) is 5. The van der Waals surface area contributed by atoms with Gasteiger partial charge in [-0.1, -0.05) is 12.1 Å². The van der Waals surface area contributed by atoms with E-state index in [1.54, 1.807) is 7.05 Å². The van der Waals surface area contributed by atoms with Gasteiger partial charge in [0, 0.05) is 23.9 Å². The van der Waals surface area contributed by atoms with E-state index in [2.05, 4.69) is 20.4 Å². The molecule has 0 fully saturated rings. The van der Waals surface area contributed by atoms with Crippen LogP contribution in [-0.2, 0) is 7.05 Å². The Morgan fingerprint density at radius 3 is 2.75 bits per heavy atom. The third-order valence-electron chi connectivity index (χ3n) is 4.88. The molecule has 2 atom stereocenters. The van der Waals surface area contributed by atoms with E-state index < -0.39 is 41.4 Å². The van der Waals surface area contributed by atoms with Gasteiger partial charge in [-0.2, -0.15) is 5.10 Å². The van der Waals surface area contributed by atoms with Crippen molar-refractivity contribution in [3.8, 4) is 0 Å². The van der Waals surface area contributed by atoms with Crippen LogP contribution in [0.5, 0.6) is 0 Å². The number of benzene rings is 2. The number of carbonyl (C=O) groups is 1. The predicted molar refractivity (Wildman–Crippen MR) is 98.6 cm³/mol. The summed E-state index contributed by atoms with van der Waals surface area (Å²) in [5, 5.41) is 6.96. The first kappa shape index (κ1) is 13.7. The minimum absolute atomic E-state index is 0.104. The SMILES string of the molecule is [2H]c1c(F)c([2H])c2c3c1N[C@@]([2H])(c1ccc(F)cc1)[C@H](c1ncnn1C)C3=NCC2=O. The lowest BCUT2D eigenvalue weighted by atomic mass is 9.78. The molecule has 0 radical (unpaired) electrons. The molecule has 1 N–H and O–H groups in total. The fourth-order valence-electron chi connectivity index (χ4n) is 3.64. The van der Waals surface area contributed by atoms with Crippen molar-refractivity contribution in [2.75, 3.05) is 11.9 Å². The zero-order valence-electron chi connectivity index (χ0n) is 17.6. The summed E-state index contributed by atoms with van der Waals surface area (Å²) in [6.45, 7) is -0.321. The average molecular weight is 382 g/mol. The van der Waals surface area contributed by atoms with Crippen molar-refractivity contribution in [3.63, 3.8) is 0 Å². The summed E-state index contributed by atoms with van der Waals surface area (Å²) in [7, 11) is 1.63. The molecule has 0 amide bonds. The Morgan fingerprint density at radius 1 is 1.25 bits per heavy atom. The third kappa shape index (κ3) is 2.45. The predicted octanol–water partition coefficient (Wildman–Crippen LogP) is 3.03. The van der Waals surface area contributed by atoms with Gasteiger partial charge in [0.15, 0.2) is 5.78 Å². The largest absolute Gasteiger partial charge is 0.376 e. The van der Waals surface area contributed by atoms with Crippen molar-refractivity contribution >= 4 is 17.2 Å². The average Bonchev–Trinajstić information content (AvgIpc) is 3.16. The molecule has 1 aromatic heterocycles.